The van der Waals surface area contributed by atoms with E-state index in [4.69, 9.17) is 23.2 Å². The Bertz CT molecular complexity index is 747. The molecule has 0 aromatic heterocycles. The van der Waals surface area contributed by atoms with Gasteiger partial charge in [-0.3, -0.25) is 0 Å². The molecule has 6 rings (SSSR count). The summed E-state index contributed by atoms with van der Waals surface area (Å²) < 4.78 is 0. The molecule has 5 fully saturated rings. The van der Waals surface area contributed by atoms with Crippen molar-refractivity contribution in [2.75, 3.05) is 0 Å². The van der Waals surface area contributed by atoms with Gasteiger partial charge < -0.3 is 5.32 Å². The van der Waals surface area contributed by atoms with Gasteiger partial charge in [-0.15, -0.1) is 12.4 Å². The van der Waals surface area contributed by atoms with Crippen LogP contribution in [0.15, 0.2) is 24.4 Å². The summed E-state index contributed by atoms with van der Waals surface area (Å²) in [5.41, 5.74) is 3.53. The normalized spacial score (nSPS) is 33.1. The highest BCUT2D eigenvalue weighted by atomic mass is 35.5. The molecule has 172 valence electrons. The van der Waals surface area contributed by atoms with Crippen LogP contribution in [-0.2, 0) is 6.42 Å². The minimum atomic E-state index is 0. The zero-order chi connectivity index (χ0) is 20.8. The standard InChI is InChI=1S/C27H37Cl2N.ClH/c1-16(30-17(2)21-6-4-3-5-7-21)8-18-14-24(28)27(25(29)15-18)26-22-10-19-9-20(12-22)13-23(26)11-19;/h14-15,17,19-23,26,30H,1,3-13H2,2H3;1H. The predicted octanol–water partition coefficient (Wildman–Crippen LogP) is 8.57. The van der Waals surface area contributed by atoms with E-state index in [2.05, 4.69) is 31.0 Å². The Hall–Kier alpha value is -0.370. The number of halogens is 3. The third kappa shape index (κ3) is 4.95. The van der Waals surface area contributed by atoms with Crippen LogP contribution in [0.4, 0.5) is 0 Å². The molecule has 0 saturated heterocycles. The molecule has 4 heteroatoms. The lowest BCUT2D eigenvalue weighted by Gasteiger charge is -2.55. The molecule has 0 spiro atoms. The average Bonchev–Trinajstić information content (AvgIpc) is 2.69. The van der Waals surface area contributed by atoms with Gasteiger partial charge in [-0.2, -0.15) is 0 Å². The molecule has 1 N–H and O–H groups in total. The van der Waals surface area contributed by atoms with Crippen molar-refractivity contribution in [3.05, 3.63) is 45.6 Å². The van der Waals surface area contributed by atoms with Crippen molar-refractivity contribution in [3.8, 4) is 0 Å². The first-order chi connectivity index (χ1) is 14.5. The summed E-state index contributed by atoms with van der Waals surface area (Å²) in [5, 5.41) is 5.46. The highest BCUT2D eigenvalue weighted by molar-refractivity contribution is 6.36. The van der Waals surface area contributed by atoms with Crippen LogP contribution in [0.5, 0.6) is 0 Å². The van der Waals surface area contributed by atoms with E-state index in [-0.39, 0.29) is 12.4 Å². The Labute approximate surface area is 205 Å². The zero-order valence-corrected chi connectivity index (χ0v) is 21.2. The molecule has 4 bridgehead atoms. The lowest BCUT2D eigenvalue weighted by atomic mass is 9.50. The van der Waals surface area contributed by atoms with Crippen molar-refractivity contribution in [3.63, 3.8) is 0 Å². The third-order valence-electron chi connectivity index (χ3n) is 8.91. The van der Waals surface area contributed by atoms with Crippen LogP contribution < -0.4 is 5.32 Å². The minimum absolute atomic E-state index is 0. The van der Waals surface area contributed by atoms with Gasteiger partial charge in [0.05, 0.1) is 0 Å². The van der Waals surface area contributed by atoms with Gasteiger partial charge in [-0.05, 0) is 111 Å². The highest BCUT2D eigenvalue weighted by Gasteiger charge is 2.49. The summed E-state index contributed by atoms with van der Waals surface area (Å²) in [7, 11) is 0. The summed E-state index contributed by atoms with van der Waals surface area (Å²) in [6.07, 6.45) is 14.7. The van der Waals surface area contributed by atoms with Crippen LogP contribution in [0.2, 0.25) is 10.0 Å². The predicted molar refractivity (Wildman–Crippen MR) is 136 cm³/mol. The van der Waals surface area contributed by atoms with E-state index >= 15 is 0 Å². The average molecular weight is 483 g/mol. The maximum atomic E-state index is 6.90. The number of hydrogen-bond donors (Lipinski definition) is 1. The number of nitrogens with one attached hydrogen (secondary N) is 1. The molecule has 5 aliphatic rings. The van der Waals surface area contributed by atoms with Crippen molar-refractivity contribution in [2.45, 2.75) is 89.5 Å². The van der Waals surface area contributed by atoms with Crippen LogP contribution in [-0.4, -0.2) is 6.04 Å². The first kappa shape index (κ1) is 23.8. The van der Waals surface area contributed by atoms with Gasteiger partial charge in [0.15, 0.2) is 0 Å². The van der Waals surface area contributed by atoms with Gasteiger partial charge >= 0.3 is 0 Å². The quantitative estimate of drug-likeness (QED) is 0.428. The Morgan fingerprint density at radius 2 is 1.52 bits per heavy atom. The van der Waals surface area contributed by atoms with Gasteiger partial charge in [0.2, 0.25) is 0 Å². The van der Waals surface area contributed by atoms with Gasteiger partial charge in [-0.1, -0.05) is 49.0 Å². The monoisotopic (exact) mass is 481 g/mol. The fraction of sp³-hybridized carbons (Fsp3) is 0.704. The van der Waals surface area contributed by atoms with Crippen molar-refractivity contribution >= 4 is 35.6 Å². The first-order valence-corrected chi connectivity index (χ1v) is 13.2. The molecular formula is C27H38Cl3N. The molecule has 0 amide bonds. The van der Waals surface area contributed by atoms with Gasteiger partial charge in [-0.25, -0.2) is 0 Å². The maximum absolute atomic E-state index is 6.90. The fourth-order valence-electron chi connectivity index (χ4n) is 7.83. The number of hydrogen-bond acceptors (Lipinski definition) is 1. The summed E-state index contributed by atoms with van der Waals surface area (Å²) in [5.74, 6) is 4.91. The summed E-state index contributed by atoms with van der Waals surface area (Å²) in [6.45, 7) is 6.63. The number of benzene rings is 1. The second kappa shape index (κ2) is 9.86. The second-order valence-corrected chi connectivity index (χ2v) is 11.9. The number of rotatable bonds is 6. The van der Waals surface area contributed by atoms with E-state index in [9.17, 15) is 0 Å². The van der Waals surface area contributed by atoms with Gasteiger partial charge in [0.1, 0.15) is 0 Å². The molecule has 0 radical (unpaired) electrons. The van der Waals surface area contributed by atoms with E-state index in [1.807, 2.05) is 0 Å². The highest BCUT2D eigenvalue weighted by Crippen LogP contribution is 2.61. The Morgan fingerprint density at radius 3 is 2.06 bits per heavy atom. The van der Waals surface area contributed by atoms with Gasteiger partial charge in [0.25, 0.3) is 0 Å². The van der Waals surface area contributed by atoms with E-state index < -0.39 is 0 Å². The summed E-state index contributed by atoms with van der Waals surface area (Å²) >= 11 is 13.8. The summed E-state index contributed by atoms with van der Waals surface area (Å²) in [4.78, 5) is 0. The molecule has 1 unspecified atom stereocenters. The molecule has 1 aromatic carbocycles. The van der Waals surface area contributed by atoms with Crippen LogP contribution in [0.3, 0.4) is 0 Å². The van der Waals surface area contributed by atoms with Crippen LogP contribution in [0.1, 0.15) is 88.2 Å². The Kier molecular flexibility index (Phi) is 7.56. The van der Waals surface area contributed by atoms with E-state index in [0.717, 1.165) is 51.8 Å². The van der Waals surface area contributed by atoms with E-state index in [1.54, 1.807) is 0 Å². The van der Waals surface area contributed by atoms with Gasteiger partial charge in [0, 0.05) is 28.2 Å². The molecule has 1 nitrogen and oxygen atoms in total. The van der Waals surface area contributed by atoms with Crippen LogP contribution >= 0.6 is 35.6 Å². The van der Waals surface area contributed by atoms with Crippen LogP contribution in [0.25, 0.3) is 0 Å². The molecule has 5 saturated carbocycles. The van der Waals surface area contributed by atoms with Crippen molar-refractivity contribution in [1.82, 2.24) is 5.32 Å². The molecule has 5 aliphatic carbocycles. The maximum Gasteiger partial charge on any atom is 0.0458 e. The van der Waals surface area contributed by atoms with Crippen LogP contribution in [0, 0.1) is 29.6 Å². The van der Waals surface area contributed by atoms with E-state index in [0.29, 0.717) is 12.0 Å². The first-order valence-electron chi connectivity index (χ1n) is 12.4. The second-order valence-electron chi connectivity index (χ2n) is 11.0. The van der Waals surface area contributed by atoms with E-state index in [1.165, 1.54) is 75.3 Å². The number of allylic oxidation sites excluding steroid dienone is 1. The fourth-order valence-corrected chi connectivity index (χ4v) is 8.61. The topological polar surface area (TPSA) is 12.0 Å². The van der Waals surface area contributed by atoms with Crippen molar-refractivity contribution in [1.29, 1.82) is 0 Å². The lowest BCUT2D eigenvalue weighted by molar-refractivity contribution is -0.00272. The lowest BCUT2D eigenvalue weighted by Crippen LogP contribution is -2.44. The molecule has 1 aromatic rings. The Balaban J connectivity index is 0.00000231. The third-order valence-corrected chi connectivity index (χ3v) is 9.53. The smallest absolute Gasteiger partial charge is 0.0458 e. The largest absolute Gasteiger partial charge is 0.386 e. The molecule has 0 heterocycles. The van der Waals surface area contributed by atoms with Crippen molar-refractivity contribution in [2.24, 2.45) is 29.6 Å². The molecular weight excluding hydrogens is 445 g/mol. The van der Waals surface area contributed by atoms with Crippen molar-refractivity contribution < 1.29 is 0 Å². The Morgan fingerprint density at radius 1 is 0.968 bits per heavy atom. The SMILES string of the molecule is C=C(Cc1cc(Cl)c(C2C3CC4CC(C3)CC2C4)c(Cl)c1)NC(C)C1CCCCC1.Cl. The molecule has 1 atom stereocenters. The summed E-state index contributed by atoms with van der Waals surface area (Å²) in [6, 6.07) is 4.84. The zero-order valence-electron chi connectivity index (χ0n) is 18.8. The minimum Gasteiger partial charge on any atom is -0.386 e. The molecule has 31 heavy (non-hydrogen) atoms. The molecule has 0 aliphatic heterocycles.